The minimum atomic E-state index is -3.69. The summed E-state index contributed by atoms with van der Waals surface area (Å²) in [5, 5.41) is 9.69. The largest absolute Gasteiger partial charge is 0.391 e. The topological polar surface area (TPSA) is 66.4 Å². The van der Waals surface area contributed by atoms with Crippen LogP contribution in [0.3, 0.4) is 0 Å². The monoisotopic (exact) mass is 275 g/mol. The van der Waals surface area contributed by atoms with Gasteiger partial charge in [0.1, 0.15) is 5.82 Å². The Morgan fingerprint density at radius 3 is 2.39 bits per heavy atom. The molecular weight excluding hydrogens is 257 g/mol. The van der Waals surface area contributed by atoms with Gasteiger partial charge in [0.05, 0.1) is 11.0 Å². The standard InChI is InChI=1S/C12H18FNO3S/c1-3-9(2)12(15)8-14-18(16,17)11-6-4-10(13)5-7-11/h4-7,9,12,14-15H,3,8H2,1-2H3. The summed E-state index contributed by atoms with van der Waals surface area (Å²) in [5.41, 5.74) is 0. The summed E-state index contributed by atoms with van der Waals surface area (Å²) in [6.07, 6.45) is 0.0321. The molecule has 2 atom stereocenters. The van der Waals surface area contributed by atoms with E-state index in [0.717, 1.165) is 18.6 Å². The van der Waals surface area contributed by atoms with E-state index in [-0.39, 0.29) is 17.4 Å². The van der Waals surface area contributed by atoms with Crippen LogP contribution < -0.4 is 4.72 Å². The maximum absolute atomic E-state index is 12.7. The Labute approximate surface area is 107 Å². The highest BCUT2D eigenvalue weighted by atomic mass is 32.2. The highest BCUT2D eigenvalue weighted by Crippen LogP contribution is 2.11. The number of hydrogen-bond acceptors (Lipinski definition) is 3. The summed E-state index contributed by atoms with van der Waals surface area (Å²) in [6.45, 7) is 3.72. The van der Waals surface area contributed by atoms with E-state index < -0.39 is 21.9 Å². The van der Waals surface area contributed by atoms with Crippen molar-refractivity contribution in [3.63, 3.8) is 0 Å². The lowest BCUT2D eigenvalue weighted by molar-refractivity contribution is 0.118. The van der Waals surface area contributed by atoms with Crippen LogP contribution in [0.1, 0.15) is 20.3 Å². The number of nitrogens with one attached hydrogen (secondary N) is 1. The van der Waals surface area contributed by atoms with Crippen molar-refractivity contribution in [3.8, 4) is 0 Å². The zero-order chi connectivity index (χ0) is 13.8. The summed E-state index contributed by atoms with van der Waals surface area (Å²) >= 11 is 0. The van der Waals surface area contributed by atoms with Gasteiger partial charge in [-0.15, -0.1) is 0 Å². The van der Waals surface area contributed by atoms with Gasteiger partial charge in [0.25, 0.3) is 0 Å². The molecule has 0 aromatic heterocycles. The van der Waals surface area contributed by atoms with Gasteiger partial charge >= 0.3 is 0 Å². The summed E-state index contributed by atoms with van der Waals surface area (Å²) in [6, 6.07) is 4.54. The minimum absolute atomic E-state index is 0.0137. The lowest BCUT2D eigenvalue weighted by atomic mass is 10.0. The van der Waals surface area contributed by atoms with Crippen LogP contribution in [-0.4, -0.2) is 26.2 Å². The van der Waals surface area contributed by atoms with Crippen LogP contribution in [-0.2, 0) is 10.0 Å². The van der Waals surface area contributed by atoms with E-state index >= 15 is 0 Å². The molecule has 0 heterocycles. The molecule has 1 rings (SSSR count). The fourth-order valence-corrected chi connectivity index (χ4v) is 2.42. The van der Waals surface area contributed by atoms with E-state index in [9.17, 15) is 17.9 Å². The summed E-state index contributed by atoms with van der Waals surface area (Å²) < 4.78 is 38.6. The number of benzene rings is 1. The number of halogens is 1. The van der Waals surface area contributed by atoms with Crippen molar-refractivity contribution in [2.75, 3.05) is 6.54 Å². The zero-order valence-corrected chi connectivity index (χ0v) is 11.2. The smallest absolute Gasteiger partial charge is 0.240 e. The summed E-state index contributed by atoms with van der Waals surface area (Å²) in [5.74, 6) is -0.477. The van der Waals surface area contributed by atoms with Crippen molar-refractivity contribution in [2.45, 2.75) is 31.3 Å². The SMILES string of the molecule is CCC(C)C(O)CNS(=O)(=O)c1ccc(F)cc1. The van der Waals surface area contributed by atoms with Crippen LogP contribution >= 0.6 is 0 Å². The molecule has 102 valence electrons. The van der Waals surface area contributed by atoms with Crippen LogP contribution in [0.5, 0.6) is 0 Å². The third kappa shape index (κ3) is 4.04. The zero-order valence-electron chi connectivity index (χ0n) is 10.4. The Morgan fingerprint density at radius 1 is 1.33 bits per heavy atom. The molecule has 18 heavy (non-hydrogen) atoms. The molecule has 4 nitrogen and oxygen atoms in total. The molecular formula is C12H18FNO3S. The third-order valence-corrected chi connectivity index (χ3v) is 4.35. The van der Waals surface area contributed by atoms with E-state index in [1.165, 1.54) is 12.1 Å². The summed E-state index contributed by atoms with van der Waals surface area (Å²) in [7, 11) is -3.69. The average Bonchev–Trinajstić information content (AvgIpc) is 2.35. The number of rotatable bonds is 6. The maximum Gasteiger partial charge on any atom is 0.240 e. The van der Waals surface area contributed by atoms with E-state index in [0.29, 0.717) is 0 Å². The van der Waals surface area contributed by atoms with Crippen molar-refractivity contribution >= 4 is 10.0 Å². The Balaban J connectivity index is 2.68. The van der Waals surface area contributed by atoms with Crippen LogP contribution in [0.2, 0.25) is 0 Å². The van der Waals surface area contributed by atoms with Gasteiger partial charge in [-0.25, -0.2) is 17.5 Å². The van der Waals surface area contributed by atoms with Gasteiger partial charge in [-0.3, -0.25) is 0 Å². The van der Waals surface area contributed by atoms with Gasteiger partial charge in [0.15, 0.2) is 0 Å². The Hall–Kier alpha value is -0.980. The van der Waals surface area contributed by atoms with Gasteiger partial charge in [-0.2, -0.15) is 0 Å². The highest BCUT2D eigenvalue weighted by Gasteiger charge is 2.18. The van der Waals surface area contributed by atoms with Gasteiger partial charge in [-0.05, 0) is 30.2 Å². The number of aliphatic hydroxyl groups is 1. The van der Waals surface area contributed by atoms with E-state index in [4.69, 9.17) is 0 Å². The van der Waals surface area contributed by atoms with Crippen molar-refractivity contribution in [2.24, 2.45) is 5.92 Å². The molecule has 2 unspecified atom stereocenters. The van der Waals surface area contributed by atoms with Crippen molar-refractivity contribution in [3.05, 3.63) is 30.1 Å². The normalized spacial score (nSPS) is 15.3. The van der Waals surface area contributed by atoms with Crippen LogP contribution in [0.4, 0.5) is 4.39 Å². The first-order valence-corrected chi connectivity index (χ1v) is 7.28. The van der Waals surface area contributed by atoms with Crippen LogP contribution in [0.25, 0.3) is 0 Å². The fourth-order valence-electron chi connectivity index (χ4n) is 1.37. The molecule has 0 spiro atoms. The second-order valence-electron chi connectivity index (χ2n) is 4.26. The maximum atomic E-state index is 12.7. The first kappa shape index (κ1) is 15.1. The first-order chi connectivity index (χ1) is 8.36. The van der Waals surface area contributed by atoms with E-state index in [2.05, 4.69) is 4.72 Å². The molecule has 0 radical (unpaired) electrons. The highest BCUT2D eigenvalue weighted by molar-refractivity contribution is 7.89. The van der Waals surface area contributed by atoms with Crippen LogP contribution in [0.15, 0.2) is 29.2 Å². The van der Waals surface area contributed by atoms with E-state index in [1.54, 1.807) is 0 Å². The Morgan fingerprint density at radius 2 is 1.89 bits per heavy atom. The molecule has 0 bridgehead atoms. The second-order valence-corrected chi connectivity index (χ2v) is 6.03. The molecule has 0 amide bonds. The van der Waals surface area contributed by atoms with Crippen molar-refractivity contribution in [1.29, 1.82) is 0 Å². The molecule has 0 aliphatic rings. The summed E-state index contributed by atoms with van der Waals surface area (Å²) in [4.78, 5) is -0.0137. The molecule has 2 N–H and O–H groups in total. The van der Waals surface area contributed by atoms with Crippen molar-refractivity contribution in [1.82, 2.24) is 4.72 Å². The van der Waals surface area contributed by atoms with Gasteiger partial charge in [0.2, 0.25) is 10.0 Å². The van der Waals surface area contributed by atoms with Crippen LogP contribution in [0, 0.1) is 11.7 Å². The molecule has 1 aromatic rings. The molecule has 6 heteroatoms. The molecule has 1 aromatic carbocycles. The minimum Gasteiger partial charge on any atom is -0.391 e. The Kier molecular flexibility index (Phi) is 5.25. The molecule has 0 aliphatic heterocycles. The Bertz CT molecular complexity index is 473. The van der Waals surface area contributed by atoms with Gasteiger partial charge < -0.3 is 5.11 Å². The van der Waals surface area contributed by atoms with Gasteiger partial charge in [0, 0.05) is 6.54 Å². The average molecular weight is 275 g/mol. The second kappa shape index (κ2) is 6.26. The first-order valence-electron chi connectivity index (χ1n) is 5.80. The predicted octanol–water partition coefficient (Wildman–Crippen LogP) is 1.51. The fraction of sp³-hybridized carbons (Fsp3) is 0.500. The molecule has 0 saturated heterocycles. The number of aliphatic hydroxyl groups excluding tert-OH is 1. The van der Waals surface area contributed by atoms with E-state index in [1.807, 2.05) is 13.8 Å². The third-order valence-electron chi connectivity index (χ3n) is 2.91. The molecule has 0 aliphatic carbocycles. The number of sulfonamides is 1. The molecule has 0 saturated carbocycles. The molecule has 0 fully saturated rings. The lowest BCUT2D eigenvalue weighted by Crippen LogP contribution is -2.35. The predicted molar refractivity (Wildman–Crippen MR) is 67.1 cm³/mol. The van der Waals surface area contributed by atoms with Crippen molar-refractivity contribution < 1.29 is 17.9 Å². The quantitative estimate of drug-likeness (QED) is 0.827. The van der Waals surface area contributed by atoms with Gasteiger partial charge in [-0.1, -0.05) is 20.3 Å². The number of hydrogen-bond donors (Lipinski definition) is 2. The lowest BCUT2D eigenvalue weighted by Gasteiger charge is -2.17.